The molecule has 18 heavy (non-hydrogen) atoms. The number of imide groups is 1. The summed E-state index contributed by atoms with van der Waals surface area (Å²) in [7, 11) is 0. The van der Waals surface area contributed by atoms with Crippen molar-refractivity contribution in [3.05, 3.63) is 33.8 Å². The van der Waals surface area contributed by atoms with Gasteiger partial charge in [0, 0.05) is 22.9 Å². The van der Waals surface area contributed by atoms with Crippen LogP contribution in [0.25, 0.3) is 0 Å². The average Bonchev–Trinajstić information content (AvgIpc) is 2.59. The molecule has 0 saturated carbocycles. The smallest absolute Gasteiger partial charge is 0.325 e. The van der Waals surface area contributed by atoms with Gasteiger partial charge in [-0.2, -0.15) is 0 Å². The van der Waals surface area contributed by atoms with Crippen molar-refractivity contribution >= 4 is 41.0 Å². The van der Waals surface area contributed by atoms with Crippen molar-refractivity contribution in [1.82, 2.24) is 5.06 Å². The van der Waals surface area contributed by atoms with E-state index in [1.165, 1.54) is 18.2 Å². The highest BCUT2D eigenvalue weighted by Gasteiger charge is 2.33. The molecule has 0 aliphatic carbocycles. The normalized spacial score (nSPS) is 15.1. The van der Waals surface area contributed by atoms with Crippen molar-refractivity contribution in [1.29, 1.82) is 0 Å². The first-order valence-electron chi connectivity index (χ1n) is 5.01. The van der Waals surface area contributed by atoms with Gasteiger partial charge >= 0.3 is 5.97 Å². The predicted octanol–water partition coefficient (Wildman–Crippen LogP) is 2.21. The Labute approximate surface area is 112 Å². The number of carbonyl (C=O) groups is 3. The van der Waals surface area contributed by atoms with Crippen molar-refractivity contribution in [2.45, 2.75) is 12.8 Å². The van der Waals surface area contributed by atoms with Crippen LogP contribution >= 0.6 is 23.2 Å². The van der Waals surface area contributed by atoms with E-state index < -0.39 is 17.8 Å². The molecule has 2 rings (SSSR count). The maximum Gasteiger partial charge on any atom is 0.364 e. The largest absolute Gasteiger partial charge is 0.364 e. The molecule has 7 heteroatoms. The van der Waals surface area contributed by atoms with Crippen LogP contribution in [0.4, 0.5) is 0 Å². The highest BCUT2D eigenvalue weighted by molar-refractivity contribution is 6.35. The van der Waals surface area contributed by atoms with Gasteiger partial charge in [0.25, 0.3) is 11.8 Å². The fourth-order valence-corrected chi connectivity index (χ4v) is 1.99. The third-order valence-corrected chi connectivity index (χ3v) is 2.71. The van der Waals surface area contributed by atoms with Crippen LogP contribution in [0.3, 0.4) is 0 Å². The molecule has 1 saturated heterocycles. The second kappa shape index (κ2) is 4.96. The van der Waals surface area contributed by atoms with E-state index in [2.05, 4.69) is 0 Å². The van der Waals surface area contributed by atoms with E-state index in [0.717, 1.165) is 0 Å². The van der Waals surface area contributed by atoms with Crippen molar-refractivity contribution in [3.8, 4) is 0 Å². The minimum Gasteiger partial charge on any atom is -0.325 e. The third-order valence-electron chi connectivity index (χ3n) is 2.28. The Bertz CT molecular complexity index is 508. The van der Waals surface area contributed by atoms with Crippen LogP contribution < -0.4 is 0 Å². The molecule has 2 amide bonds. The average molecular weight is 288 g/mol. The molecule has 0 bridgehead atoms. The molecule has 0 radical (unpaired) electrons. The number of amides is 2. The van der Waals surface area contributed by atoms with Crippen molar-refractivity contribution in [3.63, 3.8) is 0 Å². The predicted molar refractivity (Wildman–Crippen MR) is 63.0 cm³/mol. The van der Waals surface area contributed by atoms with Crippen LogP contribution in [0, 0.1) is 0 Å². The summed E-state index contributed by atoms with van der Waals surface area (Å²) in [5.41, 5.74) is 0.0694. The molecule has 0 atom stereocenters. The minimum atomic E-state index is -0.858. The van der Waals surface area contributed by atoms with E-state index in [1.807, 2.05) is 0 Å². The van der Waals surface area contributed by atoms with Gasteiger partial charge in [0.05, 0.1) is 5.56 Å². The molecule has 1 aromatic rings. The van der Waals surface area contributed by atoms with Gasteiger partial charge in [-0.1, -0.05) is 23.2 Å². The van der Waals surface area contributed by atoms with Crippen molar-refractivity contribution < 1.29 is 19.2 Å². The van der Waals surface area contributed by atoms with Gasteiger partial charge in [-0.25, -0.2) is 4.79 Å². The second-order valence-electron chi connectivity index (χ2n) is 3.62. The lowest BCUT2D eigenvalue weighted by atomic mass is 10.2. The Balaban J connectivity index is 2.17. The van der Waals surface area contributed by atoms with Gasteiger partial charge < -0.3 is 4.84 Å². The number of nitrogens with zero attached hydrogens (tertiary/aromatic N) is 1. The van der Waals surface area contributed by atoms with E-state index in [0.29, 0.717) is 5.06 Å². The topological polar surface area (TPSA) is 63.7 Å². The van der Waals surface area contributed by atoms with Gasteiger partial charge in [-0.3, -0.25) is 9.59 Å². The highest BCUT2D eigenvalue weighted by Crippen LogP contribution is 2.21. The summed E-state index contributed by atoms with van der Waals surface area (Å²) >= 11 is 11.5. The number of hydrogen-bond acceptors (Lipinski definition) is 4. The summed E-state index contributed by atoms with van der Waals surface area (Å²) in [4.78, 5) is 38.9. The maximum atomic E-state index is 11.7. The van der Waals surface area contributed by atoms with E-state index in [4.69, 9.17) is 28.0 Å². The van der Waals surface area contributed by atoms with Gasteiger partial charge in [0.15, 0.2) is 0 Å². The molecule has 0 N–H and O–H groups in total. The molecule has 1 aliphatic rings. The summed E-state index contributed by atoms with van der Waals surface area (Å²) < 4.78 is 0. The molecule has 1 aliphatic heterocycles. The number of hydrogen-bond donors (Lipinski definition) is 0. The Hall–Kier alpha value is -1.59. The van der Waals surface area contributed by atoms with Crippen LogP contribution in [0.15, 0.2) is 18.2 Å². The first-order valence-corrected chi connectivity index (χ1v) is 5.77. The van der Waals surface area contributed by atoms with E-state index >= 15 is 0 Å². The molecule has 1 fully saturated rings. The SMILES string of the molecule is O=C(ON1C(=O)CCC1=O)c1cc(Cl)cc(Cl)c1. The molecule has 1 aromatic carbocycles. The Morgan fingerprint density at radius 3 is 2.06 bits per heavy atom. The number of rotatable bonds is 2. The van der Waals surface area contributed by atoms with Crippen LogP contribution in [-0.2, 0) is 14.4 Å². The first kappa shape index (κ1) is 12.9. The molecule has 0 unspecified atom stereocenters. The molecule has 94 valence electrons. The quantitative estimate of drug-likeness (QED) is 0.783. The van der Waals surface area contributed by atoms with Crippen LogP contribution in [0.2, 0.25) is 10.0 Å². The van der Waals surface area contributed by atoms with Gasteiger partial charge in [0.1, 0.15) is 0 Å². The second-order valence-corrected chi connectivity index (χ2v) is 4.49. The number of benzene rings is 1. The van der Waals surface area contributed by atoms with Crippen LogP contribution in [0.1, 0.15) is 23.2 Å². The number of hydroxylamine groups is 2. The van der Waals surface area contributed by atoms with E-state index in [9.17, 15) is 14.4 Å². The zero-order valence-corrected chi connectivity index (χ0v) is 10.5. The molecule has 5 nitrogen and oxygen atoms in total. The lowest BCUT2D eigenvalue weighted by molar-refractivity contribution is -0.172. The van der Waals surface area contributed by atoms with Gasteiger partial charge in [0.2, 0.25) is 0 Å². The monoisotopic (exact) mass is 287 g/mol. The van der Waals surface area contributed by atoms with Crippen molar-refractivity contribution in [2.75, 3.05) is 0 Å². The number of carbonyl (C=O) groups excluding carboxylic acids is 3. The molecular weight excluding hydrogens is 281 g/mol. The Morgan fingerprint density at radius 1 is 1.06 bits per heavy atom. The summed E-state index contributed by atoms with van der Waals surface area (Å²) in [5.74, 6) is -1.94. The molecule has 0 aromatic heterocycles. The highest BCUT2D eigenvalue weighted by atomic mass is 35.5. The third kappa shape index (κ3) is 2.63. The van der Waals surface area contributed by atoms with Gasteiger partial charge in [-0.05, 0) is 18.2 Å². The number of halogens is 2. The van der Waals surface area contributed by atoms with Gasteiger partial charge in [-0.15, -0.1) is 5.06 Å². The lowest BCUT2D eigenvalue weighted by Crippen LogP contribution is -2.32. The first-order chi connectivity index (χ1) is 8.47. The van der Waals surface area contributed by atoms with E-state index in [-0.39, 0.29) is 28.5 Å². The summed E-state index contributed by atoms with van der Waals surface area (Å²) in [6.07, 6.45) is 0.0881. The molecule has 1 heterocycles. The maximum absolute atomic E-state index is 11.7. The summed E-state index contributed by atoms with van der Waals surface area (Å²) in [6, 6.07) is 4.12. The molecule has 0 spiro atoms. The zero-order valence-electron chi connectivity index (χ0n) is 8.98. The molecular formula is C11H7Cl2NO4. The Morgan fingerprint density at radius 2 is 1.56 bits per heavy atom. The fraction of sp³-hybridized carbons (Fsp3) is 0.182. The van der Waals surface area contributed by atoms with E-state index in [1.54, 1.807) is 0 Å². The zero-order chi connectivity index (χ0) is 13.3. The summed E-state index contributed by atoms with van der Waals surface area (Å²) in [6.45, 7) is 0. The fourth-order valence-electron chi connectivity index (χ4n) is 1.47. The lowest BCUT2D eigenvalue weighted by Gasteiger charge is -2.12. The standard InChI is InChI=1S/C11H7Cl2NO4/c12-7-3-6(4-8(13)5-7)11(17)18-14-9(15)1-2-10(14)16/h3-5H,1-2H2. The Kier molecular flexibility index (Phi) is 3.54. The van der Waals surface area contributed by atoms with Crippen molar-refractivity contribution in [2.24, 2.45) is 0 Å². The summed E-state index contributed by atoms with van der Waals surface area (Å²) in [5, 5.41) is 0.985. The minimum absolute atomic E-state index is 0.0441. The van der Waals surface area contributed by atoms with Crippen LogP contribution in [0.5, 0.6) is 0 Å². The van der Waals surface area contributed by atoms with Crippen LogP contribution in [-0.4, -0.2) is 22.8 Å².